The number of piperidine rings is 1. The molecule has 2 saturated heterocycles. The number of amides is 4. The van der Waals surface area contributed by atoms with Gasteiger partial charge >= 0.3 is 12.2 Å². The number of nitrogens with one attached hydrogen (secondary N) is 4. The first-order chi connectivity index (χ1) is 31.1. The standard InChI is InChI=1S/C49H54F2N8O6/c1-24(2)39(56-46(62)64-5)44(60)58-23-48(15-16-48)21-38(58)42-52-22-37(55-42)28-9-13-32-31-12-8-26(18-33(31)49(50,51)34(32)19-28)27-10-14-35-36(20-27)54-43(53-35)41-29-7-11-30(17-29)59(41)45(61)40(25(3)4)57-47(63)65-6/h8-10,12-14,18-20,22,24-25,29-30,38-41H,7,11,15-17,21,23H2,1-6H3,(H,52,55)(H,53,54)(H,56,62)(H,57,63)/t29-,30?,38?,39-,40-,41?/m0/s1. The summed E-state index contributed by atoms with van der Waals surface area (Å²) in [5.74, 6) is -2.53. The lowest BCUT2D eigenvalue weighted by Crippen LogP contribution is -2.54. The highest BCUT2D eigenvalue weighted by Crippen LogP contribution is 2.59. The van der Waals surface area contributed by atoms with E-state index in [1.54, 1.807) is 29.3 Å². The monoisotopic (exact) mass is 888 g/mol. The molecule has 2 saturated carbocycles. The van der Waals surface area contributed by atoms with Crippen molar-refractivity contribution in [1.82, 2.24) is 40.4 Å². The van der Waals surface area contributed by atoms with Crippen LogP contribution in [0.1, 0.15) is 101 Å². The van der Waals surface area contributed by atoms with Crippen molar-refractivity contribution in [3.05, 3.63) is 83.6 Å². The number of alkyl halides is 2. The predicted molar refractivity (Wildman–Crippen MR) is 237 cm³/mol. The lowest BCUT2D eigenvalue weighted by atomic mass is 9.95. The number of methoxy groups -OCH3 is 2. The van der Waals surface area contributed by atoms with Crippen LogP contribution < -0.4 is 10.6 Å². The molecule has 4 fully saturated rings. The number of halogens is 2. The Morgan fingerprint density at radius 3 is 2.05 bits per heavy atom. The number of alkyl carbamates (subject to hydrolysis) is 2. The van der Waals surface area contributed by atoms with Crippen LogP contribution in [0.4, 0.5) is 18.4 Å². The van der Waals surface area contributed by atoms with E-state index in [-0.39, 0.29) is 64.2 Å². The molecule has 10 rings (SSSR count). The molecule has 16 heteroatoms. The maximum Gasteiger partial charge on any atom is 0.407 e. The zero-order valence-electron chi connectivity index (χ0n) is 37.3. The number of hydrogen-bond donors (Lipinski definition) is 4. The van der Waals surface area contributed by atoms with Crippen LogP contribution in [-0.4, -0.2) is 92.6 Å². The SMILES string of the molecule is COC(=O)N[C@H](C(=O)N1CC2(CC2)CC1c1ncc(-c2ccc3c(c2)C(F)(F)c2cc(-c4ccc5nc(C6[C@H]7CCC(C7)N6C(=O)[C@@H](NC(=O)OC)C(C)C)[nH]c5c4)ccc2-3)[nH]1)C(C)C. The Labute approximate surface area is 375 Å². The predicted octanol–water partition coefficient (Wildman–Crippen LogP) is 8.61. The van der Waals surface area contributed by atoms with E-state index >= 15 is 8.78 Å². The second kappa shape index (κ2) is 15.7. The zero-order chi connectivity index (χ0) is 45.7. The minimum atomic E-state index is -3.29. The van der Waals surface area contributed by atoms with Gasteiger partial charge in [0, 0.05) is 29.3 Å². The van der Waals surface area contributed by atoms with E-state index in [9.17, 15) is 19.2 Å². The van der Waals surface area contributed by atoms with Crippen molar-refractivity contribution in [2.75, 3.05) is 20.8 Å². The molecule has 2 aliphatic heterocycles. The lowest BCUT2D eigenvalue weighted by molar-refractivity contribution is -0.139. The number of carbonyl (C=O) groups excluding carboxylic acids is 4. The molecular weight excluding hydrogens is 835 g/mol. The van der Waals surface area contributed by atoms with Crippen LogP contribution in [0, 0.1) is 23.2 Å². The third-order valence-corrected chi connectivity index (χ3v) is 14.7. The topological polar surface area (TPSA) is 175 Å². The smallest absolute Gasteiger partial charge is 0.407 e. The molecular formula is C49H54F2N8O6. The molecule has 4 N–H and O–H groups in total. The van der Waals surface area contributed by atoms with E-state index in [0.717, 1.165) is 49.6 Å². The van der Waals surface area contributed by atoms with Crippen molar-refractivity contribution in [2.45, 2.75) is 102 Å². The summed E-state index contributed by atoms with van der Waals surface area (Å²) in [5.41, 5.74) is 4.68. The van der Waals surface area contributed by atoms with Crippen LogP contribution in [0.3, 0.4) is 0 Å². The number of aromatic nitrogens is 4. The van der Waals surface area contributed by atoms with E-state index in [0.29, 0.717) is 51.7 Å². The summed E-state index contributed by atoms with van der Waals surface area (Å²) < 4.78 is 43.0. The van der Waals surface area contributed by atoms with E-state index in [4.69, 9.17) is 19.4 Å². The van der Waals surface area contributed by atoms with Gasteiger partial charge in [-0.3, -0.25) is 9.59 Å². The molecule has 5 aromatic rings. The molecule has 3 unspecified atom stereocenters. The van der Waals surface area contributed by atoms with Gasteiger partial charge in [0.15, 0.2) is 0 Å². The van der Waals surface area contributed by atoms with Crippen LogP contribution in [0.5, 0.6) is 0 Å². The largest absolute Gasteiger partial charge is 0.453 e. The summed E-state index contributed by atoms with van der Waals surface area (Å²) in [6, 6.07) is 13.8. The van der Waals surface area contributed by atoms with Gasteiger partial charge in [-0.25, -0.2) is 19.6 Å². The van der Waals surface area contributed by atoms with E-state index in [1.807, 2.05) is 62.9 Å². The van der Waals surface area contributed by atoms with Crippen LogP contribution in [0.25, 0.3) is 44.5 Å². The van der Waals surface area contributed by atoms with E-state index in [2.05, 4.69) is 20.6 Å². The Bertz CT molecular complexity index is 2740. The molecule has 340 valence electrons. The summed E-state index contributed by atoms with van der Waals surface area (Å²) in [4.78, 5) is 72.6. The number of imidazole rings is 2. The van der Waals surface area contributed by atoms with Crippen molar-refractivity contribution in [1.29, 1.82) is 0 Å². The summed E-state index contributed by atoms with van der Waals surface area (Å²) in [6.07, 6.45) is 5.75. The number of H-pyrrole nitrogens is 2. The molecule has 6 atom stereocenters. The first-order valence-electron chi connectivity index (χ1n) is 22.6. The number of carbonyl (C=O) groups is 4. The average Bonchev–Trinajstić information content (AvgIpc) is 3.95. The minimum absolute atomic E-state index is 0.0102. The number of rotatable bonds is 10. The van der Waals surface area contributed by atoms with Crippen LogP contribution >= 0.6 is 0 Å². The fraction of sp³-hybridized carbons (Fsp3) is 0.469. The number of benzene rings is 3. The quantitative estimate of drug-likeness (QED) is 0.108. The lowest BCUT2D eigenvalue weighted by Gasteiger charge is -2.37. The molecule has 1 spiro atoms. The molecule has 4 amide bonds. The average molecular weight is 889 g/mol. The van der Waals surface area contributed by atoms with Crippen LogP contribution in [0.2, 0.25) is 0 Å². The van der Waals surface area contributed by atoms with Gasteiger partial charge in [-0.05, 0) is 108 Å². The Morgan fingerprint density at radius 1 is 0.785 bits per heavy atom. The van der Waals surface area contributed by atoms with Gasteiger partial charge < -0.3 is 39.9 Å². The van der Waals surface area contributed by atoms with Gasteiger partial charge in [0.25, 0.3) is 5.92 Å². The van der Waals surface area contributed by atoms with Crippen molar-refractivity contribution >= 4 is 35.0 Å². The van der Waals surface area contributed by atoms with Crippen LogP contribution in [-0.2, 0) is 25.0 Å². The van der Waals surface area contributed by atoms with E-state index < -0.39 is 30.2 Å². The summed E-state index contributed by atoms with van der Waals surface area (Å²) in [5, 5.41) is 5.43. The summed E-state index contributed by atoms with van der Waals surface area (Å²) >= 11 is 0. The van der Waals surface area contributed by atoms with Gasteiger partial charge in [-0.1, -0.05) is 58.0 Å². The highest BCUT2D eigenvalue weighted by atomic mass is 19.3. The first-order valence-corrected chi connectivity index (χ1v) is 22.6. The number of likely N-dealkylation sites (tertiary alicyclic amines) is 2. The molecule has 3 aromatic carbocycles. The van der Waals surface area contributed by atoms with Crippen molar-refractivity contribution in [2.24, 2.45) is 23.2 Å². The molecule has 2 aromatic heterocycles. The summed E-state index contributed by atoms with van der Waals surface area (Å²) in [6.45, 7) is 8.09. The molecule has 4 heterocycles. The molecule has 5 aliphatic rings. The van der Waals surface area contributed by atoms with Gasteiger partial charge in [-0.2, -0.15) is 8.78 Å². The summed E-state index contributed by atoms with van der Waals surface area (Å²) in [7, 11) is 2.54. The van der Waals surface area contributed by atoms with E-state index in [1.165, 1.54) is 20.3 Å². The van der Waals surface area contributed by atoms with Crippen molar-refractivity contribution < 1.29 is 37.4 Å². The first kappa shape index (κ1) is 42.6. The Balaban J connectivity index is 0.896. The van der Waals surface area contributed by atoms with Gasteiger partial charge in [0.05, 0.1) is 49.2 Å². The highest BCUT2D eigenvalue weighted by Gasteiger charge is 2.56. The second-order valence-electron chi connectivity index (χ2n) is 19.4. The van der Waals surface area contributed by atoms with Gasteiger partial charge in [0.2, 0.25) is 11.8 Å². The maximum absolute atomic E-state index is 16.7. The van der Waals surface area contributed by atoms with Crippen molar-refractivity contribution in [3.8, 4) is 33.5 Å². The maximum atomic E-state index is 16.7. The number of aromatic amines is 2. The van der Waals surface area contributed by atoms with Crippen LogP contribution in [0.15, 0.2) is 60.8 Å². The zero-order valence-corrected chi connectivity index (χ0v) is 37.3. The molecule has 2 bridgehead atoms. The second-order valence-corrected chi connectivity index (χ2v) is 19.4. The van der Waals surface area contributed by atoms with Gasteiger partial charge in [0.1, 0.15) is 23.7 Å². The minimum Gasteiger partial charge on any atom is -0.453 e. The number of nitrogens with zero attached hydrogens (tertiary/aromatic N) is 4. The van der Waals surface area contributed by atoms with Crippen molar-refractivity contribution in [3.63, 3.8) is 0 Å². The molecule has 65 heavy (non-hydrogen) atoms. The molecule has 0 radical (unpaired) electrons. The normalized spacial score (nSPS) is 22.9. The third kappa shape index (κ3) is 7.19. The number of ether oxygens (including phenoxy) is 2. The highest BCUT2D eigenvalue weighted by molar-refractivity contribution is 5.89. The fourth-order valence-corrected chi connectivity index (χ4v) is 11.0. The fourth-order valence-electron chi connectivity index (χ4n) is 11.0. The molecule has 14 nitrogen and oxygen atoms in total. The third-order valence-electron chi connectivity index (χ3n) is 14.7. The Kier molecular flexibility index (Phi) is 10.3. The number of fused-ring (bicyclic) bond motifs is 6. The molecule has 3 aliphatic carbocycles. The van der Waals surface area contributed by atoms with Gasteiger partial charge in [-0.15, -0.1) is 0 Å². The number of hydrogen-bond acceptors (Lipinski definition) is 8. The Hall–Kier alpha value is -6.32. The Morgan fingerprint density at radius 2 is 1.40 bits per heavy atom.